The van der Waals surface area contributed by atoms with Crippen molar-refractivity contribution in [3.05, 3.63) is 75.5 Å². The van der Waals surface area contributed by atoms with E-state index in [0.29, 0.717) is 29.7 Å². The van der Waals surface area contributed by atoms with Crippen LogP contribution in [-0.2, 0) is 11.2 Å². The quantitative estimate of drug-likeness (QED) is 0.476. The molecule has 0 saturated heterocycles. The summed E-state index contributed by atoms with van der Waals surface area (Å²) in [7, 11) is 0. The highest BCUT2D eigenvalue weighted by Gasteiger charge is 2.12. The molecule has 4 aromatic rings. The number of carbonyl (C=O) groups excluding carboxylic acids is 1. The molecule has 7 heteroatoms. The third-order valence-corrected chi connectivity index (χ3v) is 4.95. The van der Waals surface area contributed by atoms with Gasteiger partial charge in [-0.1, -0.05) is 0 Å². The van der Waals surface area contributed by atoms with Crippen LogP contribution in [0.25, 0.3) is 21.9 Å². The number of amides is 1. The summed E-state index contributed by atoms with van der Waals surface area (Å²) in [6.07, 6.45) is 2.38. The van der Waals surface area contributed by atoms with Gasteiger partial charge in [0.1, 0.15) is 17.1 Å². The van der Waals surface area contributed by atoms with Gasteiger partial charge in [-0.25, -0.2) is 9.18 Å². The predicted molar refractivity (Wildman–Crippen MR) is 112 cm³/mol. The lowest BCUT2D eigenvalue weighted by Gasteiger charge is -2.12. The first-order valence-corrected chi connectivity index (χ1v) is 9.61. The van der Waals surface area contributed by atoms with Gasteiger partial charge in [0.15, 0.2) is 6.61 Å². The average molecular weight is 408 g/mol. The van der Waals surface area contributed by atoms with Crippen molar-refractivity contribution in [2.24, 2.45) is 0 Å². The van der Waals surface area contributed by atoms with Crippen molar-refractivity contribution in [3.63, 3.8) is 0 Å². The van der Waals surface area contributed by atoms with Crippen molar-refractivity contribution in [3.8, 4) is 5.75 Å². The van der Waals surface area contributed by atoms with Gasteiger partial charge in [-0.3, -0.25) is 4.79 Å². The Morgan fingerprint density at radius 1 is 1.20 bits per heavy atom. The van der Waals surface area contributed by atoms with Crippen molar-refractivity contribution in [1.29, 1.82) is 0 Å². The van der Waals surface area contributed by atoms with Crippen LogP contribution in [0.3, 0.4) is 0 Å². The molecule has 0 bridgehead atoms. The summed E-state index contributed by atoms with van der Waals surface area (Å²) in [4.78, 5) is 27.0. The number of H-pyrrole nitrogens is 1. The van der Waals surface area contributed by atoms with E-state index in [1.54, 1.807) is 19.1 Å². The SMILES string of the molecule is Cc1cc(OCC(=O)NCCc2c[nH]c3ccc(F)cc23)c2c(C)cc(=O)oc2c1. The number of fused-ring (bicyclic) bond motifs is 2. The van der Waals surface area contributed by atoms with E-state index in [-0.39, 0.29) is 18.3 Å². The van der Waals surface area contributed by atoms with Crippen LogP contribution in [0.5, 0.6) is 5.75 Å². The Kier molecular flexibility index (Phi) is 5.27. The first-order valence-electron chi connectivity index (χ1n) is 9.61. The summed E-state index contributed by atoms with van der Waals surface area (Å²) in [5.74, 6) is -0.0727. The molecule has 0 saturated carbocycles. The first kappa shape index (κ1) is 19.7. The number of aromatic nitrogens is 1. The molecule has 0 aliphatic rings. The second-order valence-corrected chi connectivity index (χ2v) is 7.28. The third kappa shape index (κ3) is 4.05. The average Bonchev–Trinajstić information content (AvgIpc) is 3.07. The van der Waals surface area contributed by atoms with E-state index in [2.05, 4.69) is 10.3 Å². The molecule has 1 amide bonds. The highest BCUT2D eigenvalue weighted by atomic mass is 19.1. The summed E-state index contributed by atoms with van der Waals surface area (Å²) in [6.45, 7) is 3.89. The summed E-state index contributed by atoms with van der Waals surface area (Å²) in [6, 6.07) is 9.55. The minimum atomic E-state index is -0.425. The minimum absolute atomic E-state index is 0.167. The van der Waals surface area contributed by atoms with E-state index in [4.69, 9.17) is 9.15 Å². The van der Waals surface area contributed by atoms with E-state index in [9.17, 15) is 14.0 Å². The molecular weight excluding hydrogens is 387 g/mol. The van der Waals surface area contributed by atoms with Gasteiger partial charge in [-0.05, 0) is 67.3 Å². The van der Waals surface area contributed by atoms with Gasteiger partial charge >= 0.3 is 5.63 Å². The number of hydrogen-bond donors (Lipinski definition) is 2. The summed E-state index contributed by atoms with van der Waals surface area (Å²) < 4.78 is 24.5. The topological polar surface area (TPSA) is 84.3 Å². The van der Waals surface area contributed by atoms with Crippen LogP contribution in [0.4, 0.5) is 4.39 Å². The standard InChI is InChI=1S/C23H21FN2O4/c1-13-7-19(23-14(2)9-22(28)30-20(23)8-13)29-12-21(27)25-6-5-15-11-26-18-4-3-16(24)10-17(15)18/h3-4,7-11,26H,5-6,12H2,1-2H3,(H,25,27). The van der Waals surface area contributed by atoms with E-state index in [1.807, 2.05) is 19.2 Å². The summed E-state index contributed by atoms with van der Waals surface area (Å²) in [5.41, 5.74) is 3.38. The van der Waals surface area contributed by atoms with Crippen LogP contribution >= 0.6 is 0 Å². The van der Waals surface area contributed by atoms with Crippen LogP contribution in [0.15, 0.2) is 51.8 Å². The van der Waals surface area contributed by atoms with Crippen LogP contribution in [-0.4, -0.2) is 24.0 Å². The molecule has 2 aromatic carbocycles. The lowest BCUT2D eigenvalue weighted by Crippen LogP contribution is -2.30. The molecule has 0 fully saturated rings. The van der Waals surface area contributed by atoms with E-state index in [0.717, 1.165) is 27.6 Å². The van der Waals surface area contributed by atoms with E-state index < -0.39 is 5.63 Å². The Hall–Kier alpha value is -3.61. The highest BCUT2D eigenvalue weighted by molar-refractivity contribution is 5.88. The van der Waals surface area contributed by atoms with Crippen molar-refractivity contribution in [2.75, 3.05) is 13.2 Å². The lowest BCUT2D eigenvalue weighted by atomic mass is 10.1. The Morgan fingerprint density at radius 2 is 2.03 bits per heavy atom. The minimum Gasteiger partial charge on any atom is -0.483 e. The molecule has 0 aliphatic heterocycles. The Labute approximate surface area is 171 Å². The Balaban J connectivity index is 1.39. The fourth-order valence-electron chi connectivity index (χ4n) is 3.58. The zero-order chi connectivity index (χ0) is 21.3. The highest BCUT2D eigenvalue weighted by Crippen LogP contribution is 2.29. The number of aryl methyl sites for hydroxylation is 2. The maximum Gasteiger partial charge on any atom is 0.336 e. The van der Waals surface area contributed by atoms with Crippen LogP contribution < -0.4 is 15.7 Å². The molecule has 0 unspecified atom stereocenters. The number of benzene rings is 2. The van der Waals surface area contributed by atoms with Crippen LogP contribution in [0.2, 0.25) is 0 Å². The third-order valence-electron chi connectivity index (χ3n) is 4.95. The molecule has 4 rings (SSSR count). The van der Waals surface area contributed by atoms with Gasteiger partial charge in [0.25, 0.3) is 5.91 Å². The van der Waals surface area contributed by atoms with Gasteiger partial charge in [-0.15, -0.1) is 0 Å². The predicted octanol–water partition coefficient (Wildman–Crippen LogP) is 3.77. The van der Waals surface area contributed by atoms with E-state index in [1.165, 1.54) is 18.2 Å². The lowest BCUT2D eigenvalue weighted by molar-refractivity contribution is -0.123. The smallest absolute Gasteiger partial charge is 0.336 e. The van der Waals surface area contributed by atoms with Crippen molar-refractivity contribution in [2.45, 2.75) is 20.3 Å². The molecule has 2 aromatic heterocycles. The zero-order valence-electron chi connectivity index (χ0n) is 16.7. The number of hydrogen-bond acceptors (Lipinski definition) is 4. The second-order valence-electron chi connectivity index (χ2n) is 7.28. The van der Waals surface area contributed by atoms with Crippen LogP contribution in [0.1, 0.15) is 16.7 Å². The Bertz CT molecular complexity index is 1310. The van der Waals surface area contributed by atoms with Crippen LogP contribution in [0, 0.1) is 19.7 Å². The molecule has 0 atom stereocenters. The molecule has 2 N–H and O–H groups in total. The zero-order valence-corrected chi connectivity index (χ0v) is 16.7. The largest absolute Gasteiger partial charge is 0.483 e. The second kappa shape index (κ2) is 8.02. The number of ether oxygens (including phenoxy) is 1. The number of rotatable bonds is 6. The maximum atomic E-state index is 13.5. The first-order chi connectivity index (χ1) is 14.4. The van der Waals surface area contributed by atoms with Gasteiger partial charge in [0, 0.05) is 29.7 Å². The van der Waals surface area contributed by atoms with Gasteiger partial charge in [0.2, 0.25) is 0 Å². The van der Waals surface area contributed by atoms with Crippen molar-refractivity contribution in [1.82, 2.24) is 10.3 Å². The van der Waals surface area contributed by atoms with Gasteiger partial charge in [0.05, 0.1) is 5.39 Å². The maximum absolute atomic E-state index is 13.5. The molecular formula is C23H21FN2O4. The molecule has 0 spiro atoms. The number of aromatic amines is 1. The molecule has 30 heavy (non-hydrogen) atoms. The molecule has 2 heterocycles. The molecule has 6 nitrogen and oxygen atoms in total. The molecule has 0 aliphatic carbocycles. The summed E-state index contributed by atoms with van der Waals surface area (Å²) >= 11 is 0. The van der Waals surface area contributed by atoms with Gasteiger partial charge in [-0.2, -0.15) is 0 Å². The molecule has 154 valence electrons. The normalized spacial score (nSPS) is 11.2. The van der Waals surface area contributed by atoms with Crippen molar-refractivity contribution >= 4 is 27.8 Å². The molecule has 0 radical (unpaired) electrons. The van der Waals surface area contributed by atoms with Crippen molar-refractivity contribution < 1.29 is 18.3 Å². The summed E-state index contributed by atoms with van der Waals surface area (Å²) in [5, 5.41) is 4.30. The number of carbonyl (C=O) groups is 1. The van der Waals surface area contributed by atoms with E-state index >= 15 is 0 Å². The fourth-order valence-corrected chi connectivity index (χ4v) is 3.58. The fraction of sp³-hybridized carbons (Fsp3) is 0.217. The number of nitrogens with one attached hydrogen (secondary N) is 2. The Morgan fingerprint density at radius 3 is 2.87 bits per heavy atom. The van der Waals surface area contributed by atoms with Gasteiger partial charge < -0.3 is 19.5 Å². The monoisotopic (exact) mass is 408 g/mol. The number of halogens is 1.